The Balaban J connectivity index is 1.86. The molecule has 0 bridgehead atoms. The van der Waals surface area contributed by atoms with Crippen molar-refractivity contribution in [3.8, 4) is 5.75 Å². The van der Waals surface area contributed by atoms with Gasteiger partial charge in [0.2, 0.25) is 0 Å². The monoisotopic (exact) mass is 380 g/mol. The highest BCUT2D eigenvalue weighted by Gasteiger charge is 2.30. The fourth-order valence-corrected chi connectivity index (χ4v) is 3.30. The molecule has 0 spiro atoms. The van der Waals surface area contributed by atoms with E-state index in [1.54, 1.807) is 19.2 Å². The molecule has 0 aromatic heterocycles. The van der Waals surface area contributed by atoms with Crippen molar-refractivity contribution in [1.29, 1.82) is 0 Å². The summed E-state index contributed by atoms with van der Waals surface area (Å²) in [6, 6.07) is 13.6. The minimum atomic E-state index is -1.20. The van der Waals surface area contributed by atoms with Gasteiger partial charge in [-0.25, -0.2) is 9.79 Å². The molecule has 6 nitrogen and oxygen atoms in total. The molecular weight excluding hydrogens is 364 g/mol. The van der Waals surface area contributed by atoms with Gasteiger partial charge in [-0.2, -0.15) is 0 Å². The highest BCUT2D eigenvalue weighted by Crippen LogP contribution is 2.33. The lowest BCUT2D eigenvalue weighted by Gasteiger charge is -2.08. The molecule has 2 aromatic rings. The Hall–Kier alpha value is -3.32. The predicted molar refractivity (Wildman–Crippen MR) is 106 cm³/mol. The number of carbonyl (C=O) groups excluding carboxylic acids is 1. The van der Waals surface area contributed by atoms with Crippen LogP contribution >= 0.6 is 11.8 Å². The van der Waals surface area contributed by atoms with Crippen LogP contribution in [0.15, 0.2) is 70.6 Å². The number of phenols is 1. The highest BCUT2D eigenvalue weighted by atomic mass is 32.2. The molecule has 1 aliphatic heterocycles. The number of aliphatic imine (C=N–C) groups is 1. The van der Waals surface area contributed by atoms with Crippen LogP contribution in [0.5, 0.6) is 5.75 Å². The summed E-state index contributed by atoms with van der Waals surface area (Å²) in [5.41, 5.74) is 1.05. The summed E-state index contributed by atoms with van der Waals surface area (Å²) in [4.78, 5) is 29.9. The van der Waals surface area contributed by atoms with Gasteiger partial charge in [0.15, 0.2) is 5.17 Å². The van der Waals surface area contributed by atoms with E-state index in [1.165, 1.54) is 17.0 Å². The number of aromatic carboxylic acids is 1. The summed E-state index contributed by atoms with van der Waals surface area (Å²) in [6.07, 6.45) is 5.38. The maximum atomic E-state index is 12.4. The molecule has 2 aromatic carbocycles. The smallest absolute Gasteiger partial charge is 0.338 e. The van der Waals surface area contributed by atoms with Gasteiger partial charge in [-0.15, -0.1) is 0 Å². The van der Waals surface area contributed by atoms with E-state index < -0.39 is 5.97 Å². The number of amidine groups is 1. The average Bonchev–Trinajstić information content (AvgIpc) is 2.92. The molecule has 7 heteroatoms. The molecule has 136 valence electrons. The van der Waals surface area contributed by atoms with Gasteiger partial charge in [-0.3, -0.25) is 9.69 Å². The SMILES string of the molecule is CN1C(=O)/C(=C/C=C/c2ccccc2)SC1=Nc1ccc(O)cc1C(=O)O. The lowest BCUT2D eigenvalue weighted by molar-refractivity contribution is -0.121. The van der Waals surface area contributed by atoms with Gasteiger partial charge >= 0.3 is 5.97 Å². The molecular formula is C20H16N2O4S. The first-order valence-electron chi connectivity index (χ1n) is 8.00. The number of rotatable bonds is 4. The molecule has 0 atom stereocenters. The summed E-state index contributed by atoms with van der Waals surface area (Å²) < 4.78 is 0. The second-order valence-corrected chi connectivity index (χ2v) is 6.68. The molecule has 0 radical (unpaired) electrons. The number of nitrogens with zero attached hydrogens (tertiary/aromatic N) is 2. The van der Waals surface area contributed by atoms with Gasteiger partial charge in [-0.05, 0) is 41.6 Å². The third-order valence-corrected chi connectivity index (χ3v) is 4.84. The average molecular weight is 380 g/mol. The van der Waals surface area contributed by atoms with Crippen molar-refractivity contribution in [1.82, 2.24) is 4.90 Å². The van der Waals surface area contributed by atoms with Crippen LogP contribution in [0.3, 0.4) is 0 Å². The number of hydrogen-bond acceptors (Lipinski definition) is 5. The van der Waals surface area contributed by atoms with Crippen LogP contribution in [0.25, 0.3) is 6.08 Å². The van der Waals surface area contributed by atoms with E-state index in [1.807, 2.05) is 36.4 Å². The normalized spacial score (nSPS) is 17.4. The molecule has 0 aliphatic carbocycles. The zero-order chi connectivity index (χ0) is 19.4. The zero-order valence-corrected chi connectivity index (χ0v) is 15.2. The van der Waals surface area contributed by atoms with Crippen LogP contribution < -0.4 is 0 Å². The number of benzene rings is 2. The van der Waals surface area contributed by atoms with E-state index in [-0.39, 0.29) is 22.9 Å². The van der Waals surface area contributed by atoms with Crippen molar-refractivity contribution in [3.05, 3.63) is 76.7 Å². The highest BCUT2D eigenvalue weighted by molar-refractivity contribution is 8.18. The molecule has 3 rings (SSSR count). The quantitative estimate of drug-likeness (QED) is 0.786. The van der Waals surface area contributed by atoms with E-state index in [9.17, 15) is 19.8 Å². The van der Waals surface area contributed by atoms with Crippen molar-refractivity contribution in [2.75, 3.05) is 7.05 Å². The maximum absolute atomic E-state index is 12.4. The second kappa shape index (κ2) is 7.92. The largest absolute Gasteiger partial charge is 0.508 e. The van der Waals surface area contributed by atoms with Crippen LogP contribution in [-0.4, -0.2) is 39.2 Å². The summed E-state index contributed by atoms with van der Waals surface area (Å²) in [6.45, 7) is 0. The Labute approximate surface area is 160 Å². The fourth-order valence-electron chi connectivity index (χ4n) is 2.37. The number of phenolic OH excluding ortho intramolecular Hbond substituents is 1. The fraction of sp³-hybridized carbons (Fsp3) is 0.0500. The summed E-state index contributed by atoms with van der Waals surface area (Å²) in [7, 11) is 1.58. The number of carboxylic acids is 1. The molecule has 0 unspecified atom stereocenters. The zero-order valence-electron chi connectivity index (χ0n) is 14.4. The number of hydrogen-bond donors (Lipinski definition) is 2. The van der Waals surface area contributed by atoms with Gasteiger partial charge < -0.3 is 10.2 Å². The van der Waals surface area contributed by atoms with Crippen molar-refractivity contribution in [2.24, 2.45) is 4.99 Å². The Kier molecular flexibility index (Phi) is 5.42. The van der Waals surface area contributed by atoms with E-state index in [0.29, 0.717) is 10.1 Å². The molecule has 1 fully saturated rings. The van der Waals surface area contributed by atoms with E-state index in [0.717, 1.165) is 23.4 Å². The standard InChI is InChI=1S/C20H16N2O4S/c1-22-18(24)17(9-5-8-13-6-3-2-4-7-13)27-20(22)21-16-11-10-14(23)12-15(16)19(25)26/h2-12,23H,1H3,(H,25,26)/b8-5+,17-9-,21-20?. The number of likely N-dealkylation sites (N-methyl/N-ethyl adjacent to an activating group) is 1. The second-order valence-electron chi connectivity index (χ2n) is 5.67. The van der Waals surface area contributed by atoms with Crippen LogP contribution in [0, 0.1) is 0 Å². The number of carbonyl (C=O) groups is 2. The number of thioether (sulfide) groups is 1. The van der Waals surface area contributed by atoms with Crippen molar-refractivity contribution >= 4 is 40.6 Å². The van der Waals surface area contributed by atoms with Gasteiger partial charge in [-0.1, -0.05) is 42.5 Å². The topological polar surface area (TPSA) is 90.2 Å². The van der Waals surface area contributed by atoms with E-state index in [4.69, 9.17) is 0 Å². The van der Waals surface area contributed by atoms with Crippen molar-refractivity contribution < 1.29 is 19.8 Å². The number of amides is 1. The van der Waals surface area contributed by atoms with Crippen LogP contribution in [0.1, 0.15) is 15.9 Å². The lowest BCUT2D eigenvalue weighted by Crippen LogP contribution is -2.23. The molecule has 27 heavy (non-hydrogen) atoms. The number of allylic oxidation sites excluding steroid dienone is 2. The Morgan fingerprint density at radius 3 is 2.63 bits per heavy atom. The Bertz CT molecular complexity index is 981. The van der Waals surface area contributed by atoms with Gasteiger partial charge in [0.1, 0.15) is 5.75 Å². The third kappa shape index (κ3) is 4.27. The minimum Gasteiger partial charge on any atom is -0.508 e. The first-order valence-corrected chi connectivity index (χ1v) is 8.81. The molecule has 1 amide bonds. The van der Waals surface area contributed by atoms with Gasteiger partial charge in [0.25, 0.3) is 5.91 Å². The van der Waals surface area contributed by atoms with Gasteiger partial charge in [0.05, 0.1) is 16.2 Å². The van der Waals surface area contributed by atoms with E-state index in [2.05, 4.69) is 4.99 Å². The third-order valence-electron chi connectivity index (χ3n) is 3.77. The lowest BCUT2D eigenvalue weighted by atomic mass is 10.2. The van der Waals surface area contributed by atoms with Crippen molar-refractivity contribution in [2.45, 2.75) is 0 Å². The van der Waals surface area contributed by atoms with Crippen LogP contribution in [-0.2, 0) is 4.79 Å². The summed E-state index contributed by atoms with van der Waals surface area (Å²) >= 11 is 1.16. The van der Waals surface area contributed by atoms with Crippen LogP contribution in [0.4, 0.5) is 5.69 Å². The predicted octanol–water partition coefficient (Wildman–Crippen LogP) is 3.88. The molecule has 0 saturated carbocycles. The summed E-state index contributed by atoms with van der Waals surface area (Å²) in [5, 5.41) is 19.1. The molecule has 1 aliphatic rings. The molecule has 2 N–H and O–H groups in total. The maximum Gasteiger partial charge on any atom is 0.338 e. The van der Waals surface area contributed by atoms with Gasteiger partial charge in [0, 0.05) is 7.05 Å². The first kappa shape index (κ1) is 18.5. The number of carboxylic acid groups (broad SMARTS) is 1. The van der Waals surface area contributed by atoms with Crippen molar-refractivity contribution in [3.63, 3.8) is 0 Å². The molecule has 1 saturated heterocycles. The van der Waals surface area contributed by atoms with E-state index >= 15 is 0 Å². The van der Waals surface area contributed by atoms with Crippen LogP contribution in [0.2, 0.25) is 0 Å². The number of aromatic hydroxyl groups is 1. The first-order chi connectivity index (χ1) is 13.0. The molecule has 1 heterocycles. The summed E-state index contributed by atoms with van der Waals surface area (Å²) in [5.74, 6) is -1.58. The minimum absolute atomic E-state index is 0.134. The Morgan fingerprint density at radius 1 is 1.19 bits per heavy atom. The Morgan fingerprint density at radius 2 is 1.93 bits per heavy atom.